The molecule has 276 valence electrons. The Kier molecular flexibility index (Phi) is 30.5. The number of carbonyl (C=O) groups is 2. The third kappa shape index (κ3) is 26.7. The molecule has 0 saturated heterocycles. The number of rotatable bonds is 34. The van der Waals surface area contributed by atoms with Gasteiger partial charge in [-0.05, 0) is 62.6 Å². The van der Waals surface area contributed by atoms with Gasteiger partial charge in [-0.1, -0.05) is 161 Å². The topological polar surface area (TPSA) is 71.1 Å². The number of aryl methyl sites for hydroxylation is 1. The van der Waals surface area contributed by atoms with Crippen molar-refractivity contribution in [1.29, 1.82) is 0 Å². The number of nitrogens with one attached hydrogen (secondary N) is 2. The summed E-state index contributed by atoms with van der Waals surface area (Å²) >= 11 is 0. The lowest BCUT2D eigenvalue weighted by Gasteiger charge is -2.19. The van der Waals surface area contributed by atoms with Crippen LogP contribution in [0.1, 0.15) is 205 Å². The highest BCUT2D eigenvalue weighted by Gasteiger charge is 2.21. The maximum absolute atomic E-state index is 13.2. The molecule has 0 aliphatic rings. The van der Waals surface area contributed by atoms with Gasteiger partial charge in [-0.25, -0.2) is 0 Å². The van der Waals surface area contributed by atoms with Crippen LogP contribution >= 0.6 is 0 Å². The maximum Gasteiger partial charge on any atom is 0.242 e. The first kappa shape index (κ1) is 43.9. The van der Waals surface area contributed by atoms with E-state index in [1.807, 2.05) is 19.2 Å². The van der Waals surface area contributed by atoms with E-state index >= 15 is 0 Å². The van der Waals surface area contributed by atoms with Crippen molar-refractivity contribution in [3.8, 4) is 0 Å². The third-order valence-electron chi connectivity index (χ3n) is 9.71. The largest absolute Gasteiger partial charge is 0.354 e. The van der Waals surface area contributed by atoms with Crippen LogP contribution < -0.4 is 10.6 Å². The van der Waals surface area contributed by atoms with Crippen LogP contribution in [0.25, 0.3) is 0 Å². The highest BCUT2D eigenvalue weighted by atomic mass is 16.2. The average molecular weight is 668 g/mol. The summed E-state index contributed by atoms with van der Waals surface area (Å²) in [4.78, 5) is 30.3. The molecule has 1 aromatic heterocycles. The summed E-state index contributed by atoms with van der Waals surface area (Å²) in [6.45, 7) is 7.23. The fourth-order valence-corrected chi connectivity index (χ4v) is 6.44. The van der Waals surface area contributed by atoms with E-state index in [0.29, 0.717) is 19.4 Å². The molecule has 2 amide bonds. The Hall–Kier alpha value is -2.17. The molecule has 1 unspecified atom stereocenters. The summed E-state index contributed by atoms with van der Waals surface area (Å²) in [5.41, 5.74) is 2.11. The summed E-state index contributed by atoms with van der Waals surface area (Å²) in [5.74, 6) is -0.0882. The summed E-state index contributed by atoms with van der Waals surface area (Å²) in [5, 5.41) is 6.18. The van der Waals surface area contributed by atoms with Gasteiger partial charge in [-0.2, -0.15) is 0 Å². The predicted molar refractivity (Wildman–Crippen MR) is 207 cm³/mol. The zero-order valence-electron chi connectivity index (χ0n) is 31.9. The molecule has 1 heterocycles. The van der Waals surface area contributed by atoms with E-state index in [1.54, 1.807) is 6.20 Å². The first-order valence-corrected chi connectivity index (χ1v) is 20.7. The Balaban J connectivity index is 2.20. The predicted octanol–water partition coefficient (Wildman–Crippen LogP) is 12.1. The van der Waals surface area contributed by atoms with E-state index in [1.165, 1.54) is 141 Å². The number of pyridine rings is 1. The van der Waals surface area contributed by atoms with Gasteiger partial charge in [-0.3, -0.25) is 14.6 Å². The van der Waals surface area contributed by atoms with Crippen LogP contribution in [-0.2, 0) is 16.0 Å². The molecule has 5 heteroatoms. The van der Waals surface area contributed by atoms with E-state index in [2.05, 4.69) is 41.6 Å². The third-order valence-corrected chi connectivity index (χ3v) is 9.71. The Bertz CT molecular complexity index is 915. The number of amides is 2. The Labute approximate surface area is 297 Å². The van der Waals surface area contributed by atoms with Gasteiger partial charge in [-0.15, -0.1) is 0 Å². The van der Waals surface area contributed by atoms with Crippen molar-refractivity contribution < 1.29 is 9.59 Å². The second kappa shape index (κ2) is 33.3. The number of carbonyl (C=O) groups excluding carboxylic acids is 2. The molecule has 1 aromatic rings. The van der Waals surface area contributed by atoms with Gasteiger partial charge in [0, 0.05) is 31.8 Å². The maximum atomic E-state index is 13.2. The van der Waals surface area contributed by atoms with Gasteiger partial charge in [0.2, 0.25) is 11.8 Å². The minimum atomic E-state index is -0.548. The lowest BCUT2D eigenvalue weighted by Crippen LogP contribution is -2.48. The van der Waals surface area contributed by atoms with Crippen molar-refractivity contribution in [2.45, 2.75) is 213 Å². The molecule has 48 heavy (non-hydrogen) atoms. The van der Waals surface area contributed by atoms with Crippen molar-refractivity contribution in [1.82, 2.24) is 15.6 Å². The smallest absolute Gasteiger partial charge is 0.242 e. The van der Waals surface area contributed by atoms with Crippen molar-refractivity contribution in [3.63, 3.8) is 0 Å². The molecule has 5 nitrogen and oxygen atoms in total. The minimum absolute atomic E-state index is 0.0176. The van der Waals surface area contributed by atoms with Gasteiger partial charge in [0.15, 0.2) is 0 Å². The second-order valence-electron chi connectivity index (χ2n) is 14.3. The van der Waals surface area contributed by atoms with Crippen LogP contribution in [0, 0.1) is 6.92 Å². The van der Waals surface area contributed by atoms with Gasteiger partial charge in [0.05, 0.1) is 0 Å². The van der Waals surface area contributed by atoms with Crippen molar-refractivity contribution >= 4 is 11.8 Å². The fourth-order valence-electron chi connectivity index (χ4n) is 6.44. The van der Waals surface area contributed by atoms with Crippen molar-refractivity contribution in [2.24, 2.45) is 0 Å². The lowest BCUT2D eigenvalue weighted by molar-refractivity contribution is -0.129. The molecule has 0 saturated carbocycles. The van der Waals surface area contributed by atoms with Crippen LogP contribution in [0.2, 0.25) is 0 Å². The van der Waals surface area contributed by atoms with Crippen LogP contribution in [0.4, 0.5) is 0 Å². The number of hydrogen-bond donors (Lipinski definition) is 2. The average Bonchev–Trinajstić information content (AvgIpc) is 3.08. The SMILES string of the molecule is CCCCCCCCC=CCCCCCCCC(=O)NC(Cc1ccncc1C)C(=O)NCCCCCCCCCCCCCCCC. The minimum Gasteiger partial charge on any atom is -0.354 e. The Morgan fingerprint density at radius 2 is 1.10 bits per heavy atom. The molecule has 0 bridgehead atoms. The zero-order valence-corrected chi connectivity index (χ0v) is 31.9. The van der Waals surface area contributed by atoms with Crippen molar-refractivity contribution in [2.75, 3.05) is 6.54 Å². The summed E-state index contributed by atoms with van der Waals surface area (Å²) in [6, 6.07) is 1.41. The van der Waals surface area contributed by atoms with Gasteiger partial charge < -0.3 is 10.6 Å². The van der Waals surface area contributed by atoms with E-state index in [0.717, 1.165) is 43.2 Å². The molecular formula is C43H77N3O2. The highest BCUT2D eigenvalue weighted by Crippen LogP contribution is 2.14. The standard InChI is InChI=1S/C43H77N3O2/c1-4-6-8-10-12-14-16-18-20-21-23-25-27-29-31-33-42(47)46-41(37-40-34-36-44-38-39(40)3)43(48)45-35-32-30-28-26-24-22-19-17-15-13-11-9-7-5-2/h18,20,34,36,38,41H,4-17,19,21-33,35,37H2,1-3H3,(H,45,48)(H,46,47). The Morgan fingerprint density at radius 1 is 0.646 bits per heavy atom. The van der Waals surface area contributed by atoms with Gasteiger partial charge in [0.1, 0.15) is 6.04 Å². The summed E-state index contributed by atoms with van der Waals surface area (Å²) < 4.78 is 0. The van der Waals surface area contributed by atoms with Crippen LogP contribution in [0.5, 0.6) is 0 Å². The second-order valence-corrected chi connectivity index (χ2v) is 14.3. The molecule has 0 spiro atoms. The summed E-state index contributed by atoms with van der Waals surface area (Å²) in [6.07, 6.45) is 43.9. The quantitative estimate of drug-likeness (QED) is 0.0567. The number of aromatic nitrogens is 1. The number of hydrogen-bond acceptors (Lipinski definition) is 3. The molecule has 0 aromatic carbocycles. The van der Waals surface area contributed by atoms with Crippen LogP contribution in [0.3, 0.4) is 0 Å². The highest BCUT2D eigenvalue weighted by molar-refractivity contribution is 5.87. The first-order valence-electron chi connectivity index (χ1n) is 20.7. The Morgan fingerprint density at radius 3 is 1.60 bits per heavy atom. The fraction of sp³-hybridized carbons (Fsp3) is 0.791. The van der Waals surface area contributed by atoms with E-state index in [9.17, 15) is 9.59 Å². The molecule has 0 aliphatic heterocycles. The first-order chi connectivity index (χ1) is 23.6. The van der Waals surface area contributed by atoms with E-state index in [4.69, 9.17) is 0 Å². The normalized spacial score (nSPS) is 12.1. The zero-order chi connectivity index (χ0) is 34.8. The molecule has 0 aliphatic carbocycles. The van der Waals surface area contributed by atoms with E-state index < -0.39 is 6.04 Å². The number of nitrogens with zero attached hydrogens (tertiary/aromatic N) is 1. The molecule has 0 fully saturated rings. The van der Waals surface area contributed by atoms with E-state index in [-0.39, 0.29) is 11.8 Å². The molecule has 2 N–H and O–H groups in total. The van der Waals surface area contributed by atoms with Crippen LogP contribution in [-0.4, -0.2) is 29.4 Å². The number of unbranched alkanes of at least 4 members (excludes halogenated alkanes) is 24. The molecule has 0 radical (unpaired) electrons. The summed E-state index contributed by atoms with van der Waals surface area (Å²) in [7, 11) is 0. The monoisotopic (exact) mass is 668 g/mol. The lowest BCUT2D eigenvalue weighted by atomic mass is 10.0. The molecular weight excluding hydrogens is 590 g/mol. The number of allylic oxidation sites excluding steroid dienone is 2. The molecule has 1 rings (SSSR count). The van der Waals surface area contributed by atoms with Crippen molar-refractivity contribution in [3.05, 3.63) is 41.7 Å². The van der Waals surface area contributed by atoms with Gasteiger partial charge >= 0.3 is 0 Å². The van der Waals surface area contributed by atoms with Gasteiger partial charge in [0.25, 0.3) is 0 Å². The van der Waals surface area contributed by atoms with Crippen LogP contribution in [0.15, 0.2) is 30.6 Å². The molecule has 1 atom stereocenters.